The molecule has 0 saturated heterocycles. The Morgan fingerprint density at radius 3 is 2.60 bits per heavy atom. The second-order valence-electron chi connectivity index (χ2n) is 6.76. The lowest BCUT2D eigenvalue weighted by Gasteiger charge is -2.12. The van der Waals surface area contributed by atoms with Crippen LogP contribution in [0, 0.1) is 6.92 Å². The van der Waals surface area contributed by atoms with Gasteiger partial charge < -0.3 is 4.52 Å². The summed E-state index contributed by atoms with van der Waals surface area (Å²) in [5, 5.41) is 7.09. The fourth-order valence-electron chi connectivity index (χ4n) is 3.04. The van der Waals surface area contributed by atoms with Crippen LogP contribution in [-0.2, 0) is 27.8 Å². The Kier molecular flexibility index (Phi) is 6.60. The summed E-state index contributed by atoms with van der Waals surface area (Å²) in [4.78, 5) is 11.6. The number of benzene rings is 2. The van der Waals surface area contributed by atoms with E-state index in [1.807, 2.05) is 6.92 Å². The number of amides is 1. The van der Waals surface area contributed by atoms with Crippen LogP contribution in [0.2, 0.25) is 5.02 Å². The summed E-state index contributed by atoms with van der Waals surface area (Å²) in [6.07, 6.45) is 0.555. The van der Waals surface area contributed by atoms with Crippen LogP contribution < -0.4 is 10.0 Å². The summed E-state index contributed by atoms with van der Waals surface area (Å²) in [7, 11) is -3.82. The molecular formula is C21H22ClN3O4S. The highest BCUT2D eigenvalue weighted by Crippen LogP contribution is 2.34. The van der Waals surface area contributed by atoms with Crippen molar-refractivity contribution in [1.29, 1.82) is 0 Å². The molecular weight excluding hydrogens is 426 g/mol. The number of carbonyl (C=O) groups is 1. The fraction of sp³-hybridized carbons (Fsp3) is 0.238. The van der Waals surface area contributed by atoms with Crippen molar-refractivity contribution in [2.75, 3.05) is 5.32 Å². The summed E-state index contributed by atoms with van der Waals surface area (Å²) in [6.45, 7) is 5.05. The summed E-state index contributed by atoms with van der Waals surface area (Å²) < 4.78 is 33.9. The molecule has 9 heteroatoms. The van der Waals surface area contributed by atoms with Gasteiger partial charge in [-0.05, 0) is 42.2 Å². The molecule has 1 aromatic heterocycles. The molecule has 3 aromatic rings. The largest absolute Gasteiger partial charge is 0.337 e. The molecule has 2 N–H and O–H groups in total. The minimum atomic E-state index is -3.82. The third-order valence-electron chi connectivity index (χ3n) is 4.56. The number of aromatic nitrogens is 1. The number of rotatable bonds is 7. The predicted octanol–water partition coefficient (Wildman–Crippen LogP) is 4.30. The molecule has 158 valence electrons. The van der Waals surface area contributed by atoms with Gasteiger partial charge in [0.15, 0.2) is 0 Å². The molecule has 0 fully saturated rings. The van der Waals surface area contributed by atoms with Crippen LogP contribution in [-0.4, -0.2) is 19.5 Å². The molecule has 0 aliphatic rings. The highest BCUT2D eigenvalue weighted by molar-refractivity contribution is 7.89. The van der Waals surface area contributed by atoms with Gasteiger partial charge in [0.25, 0.3) is 0 Å². The summed E-state index contributed by atoms with van der Waals surface area (Å²) in [5.41, 5.74) is 3.03. The smallest absolute Gasteiger partial charge is 0.241 e. The van der Waals surface area contributed by atoms with Crippen molar-refractivity contribution in [3.63, 3.8) is 0 Å². The zero-order valence-electron chi connectivity index (χ0n) is 16.8. The zero-order chi connectivity index (χ0) is 21.9. The second-order valence-corrected chi connectivity index (χ2v) is 8.91. The lowest BCUT2D eigenvalue weighted by Crippen LogP contribution is -2.24. The first-order valence-electron chi connectivity index (χ1n) is 9.33. The second kappa shape index (κ2) is 8.99. The van der Waals surface area contributed by atoms with Crippen LogP contribution in [0.15, 0.2) is 51.9 Å². The molecule has 0 unspecified atom stereocenters. The standard InChI is InChI=1S/C21H22ClN3O4S/c1-4-18-20(21(29-25-18)24-14(3)26)15-10-9-13(2)19(11-15)30(27,28)23-12-16-7-5-6-8-17(16)22/h5-11,23H,4,12H2,1-3H3,(H,24,26). The molecule has 0 radical (unpaired) electrons. The first-order valence-corrected chi connectivity index (χ1v) is 11.2. The molecule has 0 aliphatic heterocycles. The maximum atomic E-state index is 13.0. The Morgan fingerprint density at radius 2 is 1.93 bits per heavy atom. The van der Waals surface area contributed by atoms with Crippen molar-refractivity contribution < 1.29 is 17.7 Å². The van der Waals surface area contributed by atoms with E-state index in [0.717, 1.165) is 0 Å². The van der Waals surface area contributed by atoms with Crippen LogP contribution in [0.3, 0.4) is 0 Å². The molecule has 0 saturated carbocycles. The van der Waals surface area contributed by atoms with Gasteiger partial charge in [-0.2, -0.15) is 0 Å². The Labute approximate surface area is 180 Å². The maximum absolute atomic E-state index is 13.0. The van der Waals surface area contributed by atoms with Crippen molar-refractivity contribution in [2.24, 2.45) is 0 Å². The molecule has 7 nitrogen and oxygen atoms in total. The van der Waals surface area contributed by atoms with Gasteiger partial charge in [0.05, 0.1) is 16.2 Å². The molecule has 0 aliphatic carbocycles. The summed E-state index contributed by atoms with van der Waals surface area (Å²) >= 11 is 6.13. The van der Waals surface area contributed by atoms with E-state index in [0.29, 0.717) is 39.4 Å². The number of halogens is 1. The van der Waals surface area contributed by atoms with E-state index in [-0.39, 0.29) is 23.2 Å². The quantitative estimate of drug-likeness (QED) is 0.562. The molecule has 1 amide bonds. The number of anilines is 1. The van der Waals surface area contributed by atoms with E-state index in [1.54, 1.807) is 49.4 Å². The number of carbonyl (C=O) groups excluding carboxylic acids is 1. The number of hydrogen-bond acceptors (Lipinski definition) is 5. The van der Waals surface area contributed by atoms with Crippen molar-refractivity contribution in [3.8, 4) is 11.1 Å². The van der Waals surface area contributed by atoms with E-state index in [1.165, 1.54) is 6.92 Å². The minimum Gasteiger partial charge on any atom is -0.337 e. The van der Waals surface area contributed by atoms with Crippen molar-refractivity contribution in [1.82, 2.24) is 9.88 Å². The molecule has 0 bridgehead atoms. The normalized spacial score (nSPS) is 11.5. The number of nitrogens with zero attached hydrogens (tertiary/aromatic N) is 1. The van der Waals surface area contributed by atoms with Crippen LogP contribution in [0.4, 0.5) is 5.88 Å². The highest BCUT2D eigenvalue weighted by Gasteiger charge is 2.22. The van der Waals surface area contributed by atoms with Crippen LogP contribution in [0.5, 0.6) is 0 Å². The number of hydrogen-bond donors (Lipinski definition) is 2. The van der Waals surface area contributed by atoms with Gasteiger partial charge in [0, 0.05) is 18.5 Å². The molecule has 3 rings (SSSR count). The Morgan fingerprint density at radius 1 is 1.20 bits per heavy atom. The molecule has 2 aromatic carbocycles. The fourth-order valence-corrected chi connectivity index (χ4v) is 4.52. The Balaban J connectivity index is 1.99. The maximum Gasteiger partial charge on any atom is 0.241 e. The Hall–Kier alpha value is -2.68. The van der Waals surface area contributed by atoms with Crippen LogP contribution in [0.1, 0.15) is 30.7 Å². The number of nitrogens with one attached hydrogen (secondary N) is 2. The van der Waals surface area contributed by atoms with Crippen LogP contribution >= 0.6 is 11.6 Å². The van der Waals surface area contributed by atoms with Gasteiger partial charge in [0.1, 0.15) is 0 Å². The third-order valence-corrected chi connectivity index (χ3v) is 6.48. The molecule has 0 spiro atoms. The van der Waals surface area contributed by atoms with Gasteiger partial charge in [-0.3, -0.25) is 10.1 Å². The van der Waals surface area contributed by atoms with E-state index < -0.39 is 10.0 Å². The van der Waals surface area contributed by atoms with Gasteiger partial charge in [-0.1, -0.05) is 54.0 Å². The van der Waals surface area contributed by atoms with E-state index >= 15 is 0 Å². The SMILES string of the molecule is CCc1noc(NC(C)=O)c1-c1ccc(C)c(S(=O)(=O)NCc2ccccc2Cl)c1. The van der Waals surface area contributed by atoms with Crippen molar-refractivity contribution >= 4 is 33.4 Å². The van der Waals surface area contributed by atoms with E-state index in [9.17, 15) is 13.2 Å². The van der Waals surface area contributed by atoms with Crippen molar-refractivity contribution in [3.05, 3.63) is 64.3 Å². The first-order chi connectivity index (χ1) is 14.2. The van der Waals surface area contributed by atoms with Crippen LogP contribution in [0.25, 0.3) is 11.1 Å². The average molecular weight is 448 g/mol. The van der Waals surface area contributed by atoms with Gasteiger partial charge in [-0.25, -0.2) is 13.1 Å². The number of aryl methyl sites for hydroxylation is 2. The zero-order valence-corrected chi connectivity index (χ0v) is 18.4. The summed E-state index contributed by atoms with van der Waals surface area (Å²) in [6, 6.07) is 12.1. The van der Waals surface area contributed by atoms with E-state index in [4.69, 9.17) is 16.1 Å². The lowest BCUT2D eigenvalue weighted by atomic mass is 10.0. The van der Waals surface area contributed by atoms with Crippen molar-refractivity contribution in [2.45, 2.75) is 38.6 Å². The molecule has 0 atom stereocenters. The topological polar surface area (TPSA) is 101 Å². The average Bonchev–Trinajstić information content (AvgIpc) is 3.09. The predicted molar refractivity (Wildman–Crippen MR) is 116 cm³/mol. The third kappa shape index (κ3) is 4.72. The molecule has 30 heavy (non-hydrogen) atoms. The van der Waals surface area contributed by atoms with Gasteiger partial charge in [0.2, 0.25) is 21.8 Å². The summed E-state index contributed by atoms with van der Waals surface area (Å²) in [5.74, 6) is -0.119. The first kappa shape index (κ1) is 22.0. The van der Waals surface area contributed by atoms with Gasteiger partial charge >= 0.3 is 0 Å². The monoisotopic (exact) mass is 447 g/mol. The minimum absolute atomic E-state index is 0.0658. The highest BCUT2D eigenvalue weighted by atomic mass is 35.5. The van der Waals surface area contributed by atoms with E-state index in [2.05, 4.69) is 15.2 Å². The lowest BCUT2D eigenvalue weighted by molar-refractivity contribution is -0.114. The molecule has 1 heterocycles. The Bertz CT molecular complexity index is 1190. The van der Waals surface area contributed by atoms with Gasteiger partial charge in [-0.15, -0.1) is 0 Å². The number of sulfonamides is 1.